The molecule has 3 aromatic carbocycles. The van der Waals surface area contributed by atoms with Crippen LogP contribution in [0.1, 0.15) is 66.2 Å². The summed E-state index contributed by atoms with van der Waals surface area (Å²) < 4.78 is 27.4. The molecule has 4 fully saturated rings. The van der Waals surface area contributed by atoms with Gasteiger partial charge in [0.15, 0.2) is 0 Å². The lowest BCUT2D eigenvalue weighted by Crippen LogP contribution is -3.00. The fraction of sp³-hybridized carbons (Fsp3) is 0.439. The van der Waals surface area contributed by atoms with Gasteiger partial charge in [-0.05, 0) is 64.1 Å². The van der Waals surface area contributed by atoms with Crippen molar-refractivity contribution in [3.05, 3.63) is 104 Å². The number of nitrogen functional groups attached to an aromatic ring is 1. The lowest BCUT2D eigenvalue weighted by Gasteiger charge is -2.45. The molecule has 23 heteroatoms. The van der Waals surface area contributed by atoms with Crippen LogP contribution in [0.25, 0.3) is 32.7 Å². The Balaban J connectivity index is 0.000000201. The first-order valence-electron chi connectivity index (χ1n) is 26.0. The molecule has 80 heavy (non-hydrogen) atoms. The molecular formula is C57H75ClN8O14. The molecule has 4 saturated heterocycles. The molecule has 2 spiro atoms. The Labute approximate surface area is 471 Å². The van der Waals surface area contributed by atoms with Gasteiger partial charge in [-0.15, -0.1) is 0 Å². The van der Waals surface area contributed by atoms with E-state index in [9.17, 15) is 14.4 Å². The first-order valence-corrected chi connectivity index (χ1v) is 26.0. The van der Waals surface area contributed by atoms with Crippen molar-refractivity contribution in [1.29, 1.82) is 0 Å². The topological polar surface area (TPSA) is 283 Å². The minimum Gasteiger partial charge on any atom is -1.00 e. The van der Waals surface area contributed by atoms with Gasteiger partial charge in [0, 0.05) is 104 Å². The van der Waals surface area contributed by atoms with Gasteiger partial charge < -0.3 is 72.9 Å². The zero-order valence-corrected chi connectivity index (χ0v) is 47.2. The molecule has 6 aromatic rings. The third-order valence-corrected chi connectivity index (χ3v) is 12.8. The van der Waals surface area contributed by atoms with Crippen molar-refractivity contribution in [2.24, 2.45) is 0 Å². The number of benzene rings is 3. The summed E-state index contributed by atoms with van der Waals surface area (Å²) in [6.07, 6.45) is 9.53. The number of fused-ring (bicyclic) bond motifs is 3. The van der Waals surface area contributed by atoms with E-state index in [1.54, 1.807) is 46.0 Å². The smallest absolute Gasteiger partial charge is 0.327 e. The summed E-state index contributed by atoms with van der Waals surface area (Å²) in [5.74, 6) is -0.642. The van der Waals surface area contributed by atoms with E-state index in [1.807, 2.05) is 99.3 Å². The van der Waals surface area contributed by atoms with Gasteiger partial charge in [-0.1, -0.05) is 24.8 Å². The maximum atomic E-state index is 12.7. The highest BCUT2D eigenvalue weighted by Gasteiger charge is 2.46. The Morgan fingerprint density at radius 1 is 0.662 bits per heavy atom. The maximum Gasteiger partial charge on any atom is 0.327 e. The van der Waals surface area contributed by atoms with E-state index in [0.717, 1.165) is 87.6 Å². The van der Waals surface area contributed by atoms with E-state index in [2.05, 4.69) is 37.5 Å². The Morgan fingerprint density at radius 2 is 1.07 bits per heavy atom. The van der Waals surface area contributed by atoms with Crippen molar-refractivity contribution < 1.29 is 85.6 Å². The molecule has 434 valence electrons. The molecule has 3 aromatic heterocycles. The number of nitrogens with two attached hydrogens (primary N) is 2. The van der Waals surface area contributed by atoms with Crippen molar-refractivity contribution in [2.75, 3.05) is 90.2 Å². The van der Waals surface area contributed by atoms with Crippen LogP contribution in [0.4, 0.5) is 17.1 Å². The predicted molar refractivity (Wildman–Crippen MR) is 298 cm³/mol. The van der Waals surface area contributed by atoms with Gasteiger partial charge in [0.05, 0.1) is 101 Å². The fourth-order valence-electron chi connectivity index (χ4n) is 8.46. The number of ether oxygens (including phenoxy) is 5. The van der Waals surface area contributed by atoms with E-state index in [1.165, 1.54) is 0 Å². The van der Waals surface area contributed by atoms with E-state index < -0.39 is 29.1 Å². The van der Waals surface area contributed by atoms with Crippen molar-refractivity contribution in [2.45, 2.75) is 89.0 Å². The van der Waals surface area contributed by atoms with Crippen LogP contribution in [0.15, 0.2) is 104 Å². The summed E-state index contributed by atoms with van der Waals surface area (Å²) in [6.45, 7) is 16.0. The number of carbonyl (C=O) groups excluding carboxylic acids is 1. The number of piperidine rings is 2. The predicted octanol–water partition coefficient (Wildman–Crippen LogP) is 4.13. The maximum absolute atomic E-state index is 12.7. The standard InChI is InChI=1S/C22H29N3O5.C13H14N2O3.C10H10N2O.C9H17NO3.C3H4O2.ClH/c1-21(2)15-28-22(30-29-21)7-11-25(12-8-22)19(26)6-10-23-18-14-17(27-3)13-16-5-4-9-24-20(16)18;1-18-10-7-9-3-2-5-15-13(9)11(8-10)14-6-4-12(16)17;1-13-8-5-7-3-2-4-12-10(7)9(11)6-8;1-8(2)7-11-9(13-12-8)3-5-10-6-4-9;1-2-3(4)5;/h4-5,9,13-14,23H,6-8,10-12,15H2,1-3H3;2-3,5,7-8,14H,4,6H2,1H3,(H,16,17);2-6H,11H2,1H3;10H,3-7H2,1-2H3;2H,1H2,(H,4,5);1H. The lowest BCUT2D eigenvalue weighted by atomic mass is 10.0. The number of rotatable bonds is 12. The van der Waals surface area contributed by atoms with Crippen molar-refractivity contribution in [3.8, 4) is 17.2 Å². The molecule has 0 unspecified atom stereocenters. The number of pyridine rings is 3. The zero-order chi connectivity index (χ0) is 57.1. The number of carbonyl (C=O) groups is 3. The monoisotopic (exact) mass is 1130 g/mol. The molecule has 4 aliphatic heterocycles. The summed E-state index contributed by atoms with van der Waals surface area (Å²) in [6, 6.07) is 22.8. The zero-order valence-electron chi connectivity index (χ0n) is 46.5. The number of likely N-dealkylation sites (tertiary alicyclic amines) is 1. The number of carboxylic acid groups (broad SMARTS) is 2. The number of nitrogens with one attached hydrogen (secondary N) is 2. The van der Waals surface area contributed by atoms with E-state index in [-0.39, 0.29) is 30.3 Å². The SMILES string of the molecule is C=CC(=O)O.CC1(C)COC2(CC[NH2+]CC2)OO1.COc1cc(N)c2ncccc2c1.COc1cc(NCCC(=O)N2CCC3(CC2)OCC(C)(C)OO3)c2ncccc2c1.COc1cc(NCCC(=O)O)c2ncccc2c1.[Cl-]. The van der Waals surface area contributed by atoms with Gasteiger partial charge in [-0.25, -0.2) is 19.5 Å². The molecular weight excluding hydrogens is 1060 g/mol. The number of carboxylic acids is 2. The van der Waals surface area contributed by atoms with Gasteiger partial charge in [0.2, 0.25) is 17.5 Å². The second kappa shape index (κ2) is 29.9. The summed E-state index contributed by atoms with van der Waals surface area (Å²) in [7, 11) is 4.86. The third kappa shape index (κ3) is 18.7. The molecule has 22 nitrogen and oxygen atoms in total. The largest absolute Gasteiger partial charge is 1.00 e. The Hall–Kier alpha value is -7.15. The van der Waals surface area contributed by atoms with Crippen LogP contribution < -0.4 is 48.3 Å². The van der Waals surface area contributed by atoms with E-state index in [4.69, 9.17) is 59.2 Å². The van der Waals surface area contributed by atoms with Crippen LogP contribution in [0.5, 0.6) is 17.2 Å². The van der Waals surface area contributed by atoms with Gasteiger partial charge in [0.25, 0.3) is 0 Å². The van der Waals surface area contributed by atoms with Gasteiger partial charge in [-0.2, -0.15) is 4.89 Å². The Bertz CT molecular complexity index is 2970. The van der Waals surface area contributed by atoms with Crippen LogP contribution >= 0.6 is 0 Å². The highest BCUT2D eigenvalue weighted by atomic mass is 35.5. The number of aliphatic carboxylic acids is 2. The lowest BCUT2D eigenvalue weighted by molar-refractivity contribution is -0.683. The van der Waals surface area contributed by atoms with Gasteiger partial charge >= 0.3 is 11.9 Å². The molecule has 7 heterocycles. The Morgan fingerprint density at radius 3 is 1.49 bits per heavy atom. The number of aromatic nitrogens is 3. The second-order valence-electron chi connectivity index (χ2n) is 20.1. The van der Waals surface area contributed by atoms with Crippen LogP contribution in [0, 0.1) is 0 Å². The van der Waals surface area contributed by atoms with Crippen molar-refractivity contribution >= 4 is 67.6 Å². The van der Waals surface area contributed by atoms with Gasteiger partial charge in [-0.3, -0.25) is 24.5 Å². The van der Waals surface area contributed by atoms with E-state index >= 15 is 0 Å². The fourth-order valence-corrected chi connectivity index (χ4v) is 8.46. The number of halogens is 1. The quantitative estimate of drug-likeness (QED) is 0.0571. The third-order valence-electron chi connectivity index (χ3n) is 12.8. The molecule has 0 saturated carbocycles. The number of anilines is 3. The minimum absolute atomic E-state index is 0. The molecule has 10 rings (SSSR count). The molecule has 1 amide bonds. The number of quaternary nitrogens is 1. The number of methoxy groups -OCH3 is 3. The van der Waals surface area contributed by atoms with E-state index in [0.29, 0.717) is 70.1 Å². The summed E-state index contributed by atoms with van der Waals surface area (Å²) in [5.41, 5.74) is 9.83. The normalized spacial score (nSPS) is 17.2. The summed E-state index contributed by atoms with van der Waals surface area (Å²) >= 11 is 0. The molecule has 8 N–H and O–H groups in total. The van der Waals surface area contributed by atoms with Gasteiger partial charge in [0.1, 0.15) is 28.5 Å². The molecule has 0 aliphatic carbocycles. The highest BCUT2D eigenvalue weighted by Crippen LogP contribution is 2.36. The minimum atomic E-state index is -0.981. The van der Waals surface area contributed by atoms with Crippen LogP contribution in [-0.2, 0) is 43.4 Å². The van der Waals surface area contributed by atoms with Crippen LogP contribution in [-0.4, -0.2) is 144 Å². The second-order valence-corrected chi connectivity index (χ2v) is 20.1. The number of hydrogen-bond donors (Lipinski definition) is 6. The number of nitrogens with zero attached hydrogens (tertiary/aromatic N) is 4. The average Bonchev–Trinajstić information content (AvgIpc) is 3.46. The first kappa shape index (κ1) is 63.7. The van der Waals surface area contributed by atoms with Crippen molar-refractivity contribution in [1.82, 2.24) is 19.9 Å². The Kier molecular flexibility index (Phi) is 23.8. The number of hydrogen-bond acceptors (Lipinski definition) is 18. The van der Waals surface area contributed by atoms with Crippen LogP contribution in [0.3, 0.4) is 0 Å². The van der Waals surface area contributed by atoms with Crippen LogP contribution in [0.2, 0.25) is 0 Å². The molecule has 0 atom stereocenters. The molecule has 0 radical (unpaired) electrons. The number of amides is 1. The summed E-state index contributed by atoms with van der Waals surface area (Å²) in [5, 5.41) is 27.9. The summed E-state index contributed by atoms with van der Waals surface area (Å²) in [4.78, 5) is 68.9. The average molecular weight is 1130 g/mol. The molecule has 0 bridgehead atoms. The first-order chi connectivity index (χ1) is 37.8. The molecule has 4 aliphatic rings. The van der Waals surface area contributed by atoms with Crippen molar-refractivity contribution in [3.63, 3.8) is 0 Å². The highest BCUT2D eigenvalue weighted by molar-refractivity contribution is 5.93.